The van der Waals surface area contributed by atoms with Crippen molar-refractivity contribution in [3.8, 4) is 0 Å². The van der Waals surface area contributed by atoms with Crippen LogP contribution in [0.15, 0.2) is 4.99 Å². The van der Waals surface area contributed by atoms with Crippen LogP contribution < -0.4 is 33.2 Å². The average molecular weight is 534 g/mol. The van der Waals surface area contributed by atoms with Crippen molar-refractivity contribution in [2.75, 3.05) is 18.6 Å². The van der Waals surface area contributed by atoms with E-state index in [0.29, 0.717) is 5.75 Å². The van der Waals surface area contributed by atoms with Gasteiger partial charge in [-0.15, -0.1) is 0 Å². The number of carbonyl (C=O) groups is 5. The van der Waals surface area contributed by atoms with Gasteiger partial charge in [0.1, 0.15) is 18.1 Å². The predicted molar refractivity (Wildman–Crippen MR) is 136 cm³/mol. The third kappa shape index (κ3) is 13.7. The standard InChI is InChI=1S/C21H39N7O7S/c1-11(2)16(22)19(33)27-13(6-7-15(29)30)18(32)26-12(5-4-9-25-21(23)24)17(31)28-14(20(34)35)8-10-36-3/h11-14,16H,4-10,22H2,1-3H3,(H,26,32)(H,27,33)(H,28,31)(H,29,30)(H,34,35)(H4,23,24,25). The SMILES string of the molecule is CSCCC(NC(=O)C(CCCN=C(N)N)NC(=O)C(CCC(=O)O)NC(=O)C(N)C(C)C)C(=O)O. The number of hydrogen-bond donors (Lipinski definition) is 8. The highest BCUT2D eigenvalue weighted by Crippen LogP contribution is 2.07. The summed E-state index contributed by atoms with van der Waals surface area (Å²) in [6.45, 7) is 3.58. The molecule has 11 N–H and O–H groups in total. The Balaban J connectivity index is 5.67. The lowest BCUT2D eigenvalue weighted by atomic mass is 10.0. The summed E-state index contributed by atoms with van der Waals surface area (Å²) in [4.78, 5) is 64.8. The van der Waals surface area contributed by atoms with Crippen LogP contribution in [0.2, 0.25) is 0 Å². The number of thioether (sulfide) groups is 1. The van der Waals surface area contributed by atoms with Crippen LogP contribution in [-0.4, -0.2) is 88.6 Å². The number of amides is 3. The summed E-state index contributed by atoms with van der Waals surface area (Å²) in [5, 5.41) is 25.8. The Hall–Kier alpha value is -3.07. The van der Waals surface area contributed by atoms with Crippen LogP contribution in [0.5, 0.6) is 0 Å². The number of aliphatic imine (C=N–C) groups is 1. The first-order valence-electron chi connectivity index (χ1n) is 11.5. The highest BCUT2D eigenvalue weighted by molar-refractivity contribution is 7.98. The Kier molecular flexibility index (Phi) is 15.9. The van der Waals surface area contributed by atoms with Gasteiger partial charge in [-0.2, -0.15) is 11.8 Å². The van der Waals surface area contributed by atoms with E-state index in [2.05, 4.69) is 20.9 Å². The van der Waals surface area contributed by atoms with E-state index in [1.54, 1.807) is 20.1 Å². The van der Waals surface area contributed by atoms with Gasteiger partial charge in [0, 0.05) is 13.0 Å². The van der Waals surface area contributed by atoms with Crippen LogP contribution in [0.1, 0.15) is 46.0 Å². The summed E-state index contributed by atoms with van der Waals surface area (Å²) in [6, 6.07) is -4.57. The molecular weight excluding hydrogens is 494 g/mol. The lowest BCUT2D eigenvalue weighted by Crippen LogP contribution is -2.57. The monoisotopic (exact) mass is 533 g/mol. The number of guanidine groups is 1. The lowest BCUT2D eigenvalue weighted by Gasteiger charge is -2.25. The van der Waals surface area contributed by atoms with Crippen LogP contribution in [0.3, 0.4) is 0 Å². The highest BCUT2D eigenvalue weighted by Gasteiger charge is 2.30. The molecular formula is C21H39N7O7S. The molecule has 36 heavy (non-hydrogen) atoms. The van der Waals surface area contributed by atoms with Crippen molar-refractivity contribution >= 4 is 47.4 Å². The third-order valence-electron chi connectivity index (χ3n) is 5.10. The molecule has 0 rings (SSSR count). The third-order valence-corrected chi connectivity index (χ3v) is 5.75. The number of rotatable bonds is 18. The summed E-state index contributed by atoms with van der Waals surface area (Å²) in [6.07, 6.45) is 1.61. The highest BCUT2D eigenvalue weighted by atomic mass is 32.2. The Morgan fingerprint density at radius 2 is 1.39 bits per heavy atom. The Morgan fingerprint density at radius 1 is 0.861 bits per heavy atom. The minimum Gasteiger partial charge on any atom is -0.481 e. The zero-order chi connectivity index (χ0) is 27.8. The molecule has 0 saturated carbocycles. The number of nitrogens with zero attached hydrogens (tertiary/aromatic N) is 1. The fourth-order valence-electron chi connectivity index (χ4n) is 2.92. The molecule has 14 nitrogen and oxygen atoms in total. The average Bonchev–Trinajstić information content (AvgIpc) is 2.79. The molecule has 0 saturated heterocycles. The van der Waals surface area contributed by atoms with Crippen molar-refractivity contribution in [3.05, 3.63) is 0 Å². The normalized spacial score (nSPS) is 14.1. The van der Waals surface area contributed by atoms with Gasteiger partial charge in [-0.3, -0.25) is 24.2 Å². The van der Waals surface area contributed by atoms with Crippen molar-refractivity contribution in [1.29, 1.82) is 0 Å². The van der Waals surface area contributed by atoms with Gasteiger partial charge in [-0.1, -0.05) is 13.8 Å². The zero-order valence-electron chi connectivity index (χ0n) is 20.9. The number of carboxylic acid groups (broad SMARTS) is 2. The molecule has 0 aromatic heterocycles. The summed E-state index contributed by atoms with van der Waals surface area (Å²) >= 11 is 1.41. The largest absolute Gasteiger partial charge is 0.481 e. The second-order valence-electron chi connectivity index (χ2n) is 8.45. The minimum absolute atomic E-state index is 0.0499. The number of carboxylic acids is 2. The quantitative estimate of drug-likeness (QED) is 0.0553. The van der Waals surface area contributed by atoms with Crippen molar-refractivity contribution in [3.63, 3.8) is 0 Å². The van der Waals surface area contributed by atoms with Crippen molar-refractivity contribution in [1.82, 2.24) is 16.0 Å². The van der Waals surface area contributed by atoms with E-state index in [-0.39, 0.29) is 44.1 Å². The van der Waals surface area contributed by atoms with Crippen LogP contribution >= 0.6 is 11.8 Å². The molecule has 3 amide bonds. The van der Waals surface area contributed by atoms with E-state index in [1.807, 2.05) is 0 Å². The van der Waals surface area contributed by atoms with Gasteiger partial charge in [-0.05, 0) is 43.6 Å². The molecule has 0 aliphatic heterocycles. The first-order chi connectivity index (χ1) is 16.8. The molecule has 0 fully saturated rings. The van der Waals surface area contributed by atoms with Crippen LogP contribution in [0, 0.1) is 5.92 Å². The maximum atomic E-state index is 13.0. The van der Waals surface area contributed by atoms with Gasteiger partial charge in [-0.25, -0.2) is 4.79 Å². The molecule has 0 aromatic rings. The smallest absolute Gasteiger partial charge is 0.326 e. The van der Waals surface area contributed by atoms with E-state index in [4.69, 9.17) is 22.3 Å². The Labute approximate surface area is 214 Å². The van der Waals surface area contributed by atoms with Crippen LogP contribution in [-0.2, 0) is 24.0 Å². The molecule has 206 valence electrons. The van der Waals surface area contributed by atoms with Gasteiger partial charge in [0.15, 0.2) is 5.96 Å². The van der Waals surface area contributed by atoms with E-state index in [0.717, 1.165) is 0 Å². The van der Waals surface area contributed by atoms with E-state index in [9.17, 15) is 29.1 Å². The predicted octanol–water partition coefficient (Wildman–Crippen LogP) is -1.82. The van der Waals surface area contributed by atoms with Gasteiger partial charge in [0.2, 0.25) is 17.7 Å². The number of hydrogen-bond acceptors (Lipinski definition) is 8. The van der Waals surface area contributed by atoms with Crippen LogP contribution in [0.4, 0.5) is 0 Å². The van der Waals surface area contributed by atoms with Crippen molar-refractivity contribution in [2.24, 2.45) is 28.1 Å². The molecule has 0 spiro atoms. The molecule has 4 atom stereocenters. The van der Waals surface area contributed by atoms with Crippen LogP contribution in [0.25, 0.3) is 0 Å². The van der Waals surface area contributed by atoms with Gasteiger partial charge in [0.25, 0.3) is 0 Å². The summed E-state index contributed by atoms with van der Waals surface area (Å²) in [7, 11) is 0. The van der Waals surface area contributed by atoms with Crippen molar-refractivity contribution in [2.45, 2.75) is 70.1 Å². The van der Waals surface area contributed by atoms with Gasteiger partial charge >= 0.3 is 11.9 Å². The summed E-state index contributed by atoms with van der Waals surface area (Å²) in [5.74, 6) is -4.51. The van der Waals surface area contributed by atoms with E-state index in [1.165, 1.54) is 11.8 Å². The molecule has 0 radical (unpaired) electrons. The fourth-order valence-corrected chi connectivity index (χ4v) is 3.39. The molecule has 0 aliphatic carbocycles. The minimum atomic E-state index is -1.28. The number of nitrogens with one attached hydrogen (secondary N) is 3. The second-order valence-corrected chi connectivity index (χ2v) is 9.44. The fraction of sp³-hybridized carbons (Fsp3) is 0.714. The molecule has 0 aliphatic rings. The molecule has 0 bridgehead atoms. The van der Waals surface area contributed by atoms with E-state index >= 15 is 0 Å². The number of carbonyl (C=O) groups excluding carboxylic acids is 3. The zero-order valence-corrected chi connectivity index (χ0v) is 21.7. The topological polar surface area (TPSA) is 252 Å². The lowest BCUT2D eigenvalue weighted by molar-refractivity contribution is -0.142. The first-order valence-corrected chi connectivity index (χ1v) is 12.8. The second kappa shape index (κ2) is 17.4. The molecule has 0 heterocycles. The van der Waals surface area contributed by atoms with Gasteiger partial charge in [0.05, 0.1) is 6.04 Å². The first kappa shape index (κ1) is 32.9. The Morgan fingerprint density at radius 3 is 1.86 bits per heavy atom. The maximum Gasteiger partial charge on any atom is 0.326 e. The number of aliphatic carboxylic acids is 2. The summed E-state index contributed by atoms with van der Waals surface area (Å²) in [5.41, 5.74) is 16.4. The van der Waals surface area contributed by atoms with Crippen molar-refractivity contribution < 1.29 is 34.2 Å². The molecule has 0 aromatic carbocycles. The molecule has 4 unspecified atom stereocenters. The van der Waals surface area contributed by atoms with E-state index < -0.39 is 60.2 Å². The summed E-state index contributed by atoms with van der Waals surface area (Å²) < 4.78 is 0. The maximum absolute atomic E-state index is 13.0. The Bertz CT molecular complexity index is 791. The molecule has 15 heteroatoms. The number of nitrogens with two attached hydrogens (primary N) is 3. The van der Waals surface area contributed by atoms with Gasteiger partial charge < -0.3 is 43.4 Å².